The van der Waals surface area contributed by atoms with Crippen LogP contribution < -0.4 is 4.74 Å². The second-order valence-electron chi connectivity index (χ2n) is 7.16. The van der Waals surface area contributed by atoms with E-state index in [0.717, 1.165) is 24.2 Å². The standard InChI is InChI=1S/C22H26O4/c1-16(22(23)24)10-18-8-5-9-20(11-18)25-15-19-12-21(13-19)26-14-17-6-3-2-4-7-17/h2-9,11,16,19,21H,10,12-15H2,1H3,(H,23,24). The van der Waals surface area contributed by atoms with Crippen molar-refractivity contribution in [3.05, 3.63) is 65.7 Å². The lowest BCUT2D eigenvalue weighted by Crippen LogP contribution is -2.34. The van der Waals surface area contributed by atoms with Gasteiger partial charge in [-0.05, 0) is 48.4 Å². The summed E-state index contributed by atoms with van der Waals surface area (Å²) in [6, 6.07) is 18.0. The fourth-order valence-corrected chi connectivity index (χ4v) is 3.15. The van der Waals surface area contributed by atoms with Gasteiger partial charge in [-0.3, -0.25) is 4.79 Å². The van der Waals surface area contributed by atoms with Gasteiger partial charge in [0.2, 0.25) is 0 Å². The monoisotopic (exact) mass is 354 g/mol. The number of carboxylic acid groups (broad SMARTS) is 1. The lowest BCUT2D eigenvalue weighted by atomic mass is 9.83. The Kier molecular flexibility index (Phi) is 6.29. The predicted octanol–water partition coefficient (Wildman–Crippen LogP) is 4.32. The van der Waals surface area contributed by atoms with E-state index in [1.807, 2.05) is 42.5 Å². The molecule has 1 atom stereocenters. The zero-order valence-corrected chi connectivity index (χ0v) is 15.1. The first-order valence-electron chi connectivity index (χ1n) is 9.20. The average molecular weight is 354 g/mol. The van der Waals surface area contributed by atoms with E-state index in [1.54, 1.807) is 6.92 Å². The molecule has 0 aromatic heterocycles. The highest BCUT2D eigenvalue weighted by Crippen LogP contribution is 2.31. The van der Waals surface area contributed by atoms with Crippen molar-refractivity contribution in [3.8, 4) is 5.75 Å². The van der Waals surface area contributed by atoms with Gasteiger partial charge in [-0.15, -0.1) is 0 Å². The summed E-state index contributed by atoms with van der Waals surface area (Å²) in [4.78, 5) is 11.0. The van der Waals surface area contributed by atoms with Gasteiger partial charge in [-0.25, -0.2) is 0 Å². The normalized spacial score (nSPS) is 20.2. The minimum Gasteiger partial charge on any atom is -0.493 e. The number of rotatable bonds is 9. The van der Waals surface area contributed by atoms with Crippen LogP contribution in [0.3, 0.4) is 0 Å². The van der Waals surface area contributed by atoms with Crippen LogP contribution in [-0.4, -0.2) is 23.8 Å². The van der Waals surface area contributed by atoms with Crippen LogP contribution in [0.2, 0.25) is 0 Å². The summed E-state index contributed by atoms with van der Waals surface area (Å²) < 4.78 is 11.8. The summed E-state index contributed by atoms with van der Waals surface area (Å²) in [6.07, 6.45) is 2.91. The maximum atomic E-state index is 11.0. The molecule has 0 saturated heterocycles. The Hall–Kier alpha value is -2.33. The number of hydrogen-bond acceptors (Lipinski definition) is 3. The van der Waals surface area contributed by atoms with E-state index >= 15 is 0 Å². The van der Waals surface area contributed by atoms with Crippen LogP contribution in [-0.2, 0) is 22.6 Å². The first-order chi connectivity index (χ1) is 12.6. The quantitative estimate of drug-likeness (QED) is 0.728. The van der Waals surface area contributed by atoms with Crippen molar-refractivity contribution < 1.29 is 19.4 Å². The van der Waals surface area contributed by atoms with Crippen LogP contribution in [0.25, 0.3) is 0 Å². The number of hydrogen-bond donors (Lipinski definition) is 1. The van der Waals surface area contributed by atoms with Crippen LogP contribution in [0.1, 0.15) is 30.9 Å². The van der Waals surface area contributed by atoms with Gasteiger partial charge in [0.15, 0.2) is 0 Å². The SMILES string of the molecule is CC(Cc1cccc(OCC2CC(OCc3ccccc3)C2)c1)C(=O)O. The van der Waals surface area contributed by atoms with Crippen molar-refractivity contribution in [3.63, 3.8) is 0 Å². The Balaban J connectivity index is 1.37. The second-order valence-corrected chi connectivity index (χ2v) is 7.16. The molecule has 0 spiro atoms. The van der Waals surface area contributed by atoms with Gasteiger partial charge in [-0.1, -0.05) is 49.4 Å². The Bertz CT molecular complexity index is 707. The maximum Gasteiger partial charge on any atom is 0.306 e. The van der Waals surface area contributed by atoms with E-state index in [4.69, 9.17) is 14.6 Å². The third kappa shape index (κ3) is 5.33. The molecule has 0 heterocycles. The molecule has 4 heteroatoms. The molecule has 2 aromatic rings. The minimum atomic E-state index is -0.771. The maximum absolute atomic E-state index is 11.0. The highest BCUT2D eigenvalue weighted by molar-refractivity contribution is 5.69. The van der Waals surface area contributed by atoms with Crippen molar-refractivity contribution in [2.45, 2.75) is 38.9 Å². The van der Waals surface area contributed by atoms with Crippen molar-refractivity contribution in [1.82, 2.24) is 0 Å². The topological polar surface area (TPSA) is 55.8 Å². The van der Waals surface area contributed by atoms with E-state index in [0.29, 0.717) is 31.7 Å². The Morgan fingerprint density at radius 1 is 1.12 bits per heavy atom. The molecule has 26 heavy (non-hydrogen) atoms. The lowest BCUT2D eigenvalue weighted by Gasteiger charge is -2.35. The molecule has 0 aliphatic heterocycles. The van der Waals surface area contributed by atoms with Crippen LogP contribution in [0.15, 0.2) is 54.6 Å². The highest BCUT2D eigenvalue weighted by atomic mass is 16.5. The smallest absolute Gasteiger partial charge is 0.306 e. The highest BCUT2D eigenvalue weighted by Gasteiger charge is 2.30. The third-order valence-corrected chi connectivity index (χ3v) is 4.87. The largest absolute Gasteiger partial charge is 0.493 e. The zero-order valence-electron chi connectivity index (χ0n) is 15.1. The van der Waals surface area contributed by atoms with Crippen molar-refractivity contribution >= 4 is 5.97 Å². The van der Waals surface area contributed by atoms with Gasteiger partial charge in [0.1, 0.15) is 5.75 Å². The van der Waals surface area contributed by atoms with E-state index in [2.05, 4.69) is 12.1 Å². The molecule has 1 fully saturated rings. The van der Waals surface area contributed by atoms with Crippen molar-refractivity contribution in [1.29, 1.82) is 0 Å². The molecule has 2 aromatic carbocycles. The van der Waals surface area contributed by atoms with E-state index in [-0.39, 0.29) is 5.92 Å². The fourth-order valence-electron chi connectivity index (χ4n) is 3.15. The molecule has 3 rings (SSSR count). The Morgan fingerprint density at radius 3 is 2.58 bits per heavy atom. The predicted molar refractivity (Wildman–Crippen MR) is 100 cm³/mol. The van der Waals surface area contributed by atoms with Gasteiger partial charge in [0, 0.05) is 0 Å². The molecule has 0 bridgehead atoms. The molecule has 0 radical (unpaired) electrons. The van der Waals surface area contributed by atoms with Crippen LogP contribution in [0.5, 0.6) is 5.75 Å². The molecular weight excluding hydrogens is 328 g/mol. The lowest BCUT2D eigenvalue weighted by molar-refractivity contribution is -0.141. The minimum absolute atomic E-state index is 0.326. The molecule has 0 amide bonds. The molecule has 4 nitrogen and oxygen atoms in total. The summed E-state index contributed by atoms with van der Waals surface area (Å²) in [5.41, 5.74) is 2.20. The second kappa shape index (κ2) is 8.86. The number of benzene rings is 2. The van der Waals surface area contributed by atoms with E-state index < -0.39 is 5.97 Å². The van der Waals surface area contributed by atoms with Gasteiger partial charge < -0.3 is 14.6 Å². The summed E-state index contributed by atoms with van der Waals surface area (Å²) >= 11 is 0. The van der Waals surface area contributed by atoms with Crippen molar-refractivity contribution in [2.75, 3.05) is 6.61 Å². The summed E-state index contributed by atoms with van der Waals surface area (Å²) in [7, 11) is 0. The number of carboxylic acids is 1. The Labute approximate surface area is 154 Å². The van der Waals surface area contributed by atoms with E-state index in [9.17, 15) is 4.79 Å². The molecule has 1 saturated carbocycles. The van der Waals surface area contributed by atoms with Crippen molar-refractivity contribution in [2.24, 2.45) is 11.8 Å². The summed E-state index contributed by atoms with van der Waals surface area (Å²) in [6.45, 7) is 3.08. The first kappa shape index (κ1) is 18.5. The molecule has 138 valence electrons. The van der Waals surface area contributed by atoms with Crippen LogP contribution in [0.4, 0.5) is 0 Å². The van der Waals surface area contributed by atoms with Crippen LogP contribution >= 0.6 is 0 Å². The van der Waals surface area contributed by atoms with E-state index in [1.165, 1.54) is 5.56 Å². The summed E-state index contributed by atoms with van der Waals surface area (Å²) in [5, 5.41) is 9.03. The van der Waals surface area contributed by atoms with Crippen LogP contribution in [0, 0.1) is 11.8 Å². The number of carbonyl (C=O) groups is 1. The van der Waals surface area contributed by atoms with Gasteiger partial charge in [0.05, 0.1) is 25.2 Å². The van der Waals surface area contributed by atoms with Gasteiger partial charge in [0.25, 0.3) is 0 Å². The first-order valence-corrected chi connectivity index (χ1v) is 9.20. The Morgan fingerprint density at radius 2 is 1.85 bits per heavy atom. The summed E-state index contributed by atoms with van der Waals surface area (Å²) in [5.74, 6) is 0.179. The third-order valence-electron chi connectivity index (χ3n) is 4.87. The fraction of sp³-hybridized carbons (Fsp3) is 0.409. The molecule has 1 aliphatic carbocycles. The molecule has 1 aliphatic rings. The van der Waals surface area contributed by atoms with Gasteiger partial charge >= 0.3 is 5.97 Å². The number of ether oxygens (including phenoxy) is 2. The van der Waals surface area contributed by atoms with Gasteiger partial charge in [-0.2, -0.15) is 0 Å². The molecule has 1 unspecified atom stereocenters. The number of aliphatic carboxylic acids is 1. The average Bonchev–Trinajstić information content (AvgIpc) is 2.61. The molecule has 1 N–H and O–H groups in total. The zero-order chi connectivity index (χ0) is 18.4. The molecular formula is C22H26O4.